The summed E-state index contributed by atoms with van der Waals surface area (Å²) in [7, 11) is 0. The minimum atomic E-state index is 0.140. The van der Waals surface area contributed by atoms with Gasteiger partial charge in [0.2, 0.25) is 11.8 Å². The van der Waals surface area contributed by atoms with Crippen LogP contribution in [0, 0.1) is 6.92 Å². The topological polar surface area (TPSA) is 82.8 Å². The average molecular weight is 400 g/mol. The maximum absolute atomic E-state index is 12.1. The Morgan fingerprint density at radius 2 is 1.86 bits per heavy atom. The smallest absolute Gasteiger partial charge is 0.226 e. The number of rotatable bonds is 10. The summed E-state index contributed by atoms with van der Waals surface area (Å²) >= 11 is 0. The van der Waals surface area contributed by atoms with Crippen molar-refractivity contribution in [1.82, 2.24) is 20.5 Å². The second-order valence-corrected chi connectivity index (χ2v) is 6.76. The number of aliphatic imine (C=N–C) groups is 1. The molecule has 158 valence electrons. The van der Waals surface area contributed by atoms with Gasteiger partial charge in [-0.15, -0.1) is 0 Å². The number of guanidine groups is 1. The zero-order valence-electron chi connectivity index (χ0n) is 18.0. The molecule has 2 N–H and O–H groups in total. The Kier molecular flexibility index (Phi) is 9.21. The van der Waals surface area contributed by atoms with Gasteiger partial charge in [0.25, 0.3) is 0 Å². The molecule has 0 bridgehead atoms. The second kappa shape index (κ2) is 11.9. The van der Waals surface area contributed by atoms with E-state index in [0.717, 1.165) is 37.3 Å². The molecule has 0 aliphatic heterocycles. The zero-order chi connectivity index (χ0) is 21.1. The van der Waals surface area contributed by atoms with Gasteiger partial charge in [-0.05, 0) is 39.8 Å². The normalized spacial score (nSPS) is 11.4. The van der Waals surface area contributed by atoms with E-state index in [-0.39, 0.29) is 5.91 Å². The summed E-state index contributed by atoms with van der Waals surface area (Å²) in [5, 5.41) is 6.50. The van der Waals surface area contributed by atoms with E-state index in [1.807, 2.05) is 49.9 Å². The van der Waals surface area contributed by atoms with E-state index in [0.29, 0.717) is 31.4 Å². The minimum Gasteiger partial charge on any atom is -0.444 e. The van der Waals surface area contributed by atoms with Gasteiger partial charge in [-0.1, -0.05) is 17.7 Å². The van der Waals surface area contributed by atoms with Crippen molar-refractivity contribution in [3.63, 3.8) is 0 Å². The summed E-state index contributed by atoms with van der Waals surface area (Å²) in [5.74, 6) is 1.48. The number of benzene rings is 1. The molecule has 0 aliphatic rings. The van der Waals surface area contributed by atoms with Crippen LogP contribution in [-0.2, 0) is 11.2 Å². The third kappa shape index (κ3) is 7.25. The number of carbonyl (C=O) groups excluding carboxylic acids is 1. The lowest BCUT2D eigenvalue weighted by molar-refractivity contribution is -0.130. The van der Waals surface area contributed by atoms with Crippen LogP contribution in [0.5, 0.6) is 0 Å². The Labute approximate surface area is 173 Å². The van der Waals surface area contributed by atoms with Crippen molar-refractivity contribution in [2.75, 3.05) is 32.7 Å². The Bertz CT molecular complexity index is 779. The second-order valence-electron chi connectivity index (χ2n) is 6.76. The molecule has 0 unspecified atom stereocenters. The van der Waals surface area contributed by atoms with Crippen LogP contribution in [0.3, 0.4) is 0 Å². The van der Waals surface area contributed by atoms with Gasteiger partial charge >= 0.3 is 0 Å². The van der Waals surface area contributed by atoms with Gasteiger partial charge < -0.3 is 20.0 Å². The number of carbonyl (C=O) groups is 1. The lowest BCUT2D eigenvalue weighted by Crippen LogP contribution is -2.38. The van der Waals surface area contributed by atoms with Crippen molar-refractivity contribution in [3.8, 4) is 11.5 Å². The summed E-state index contributed by atoms with van der Waals surface area (Å²) in [5.41, 5.74) is 3.07. The average Bonchev–Trinajstić information content (AvgIpc) is 3.18. The lowest BCUT2D eigenvalue weighted by atomic mass is 10.1. The van der Waals surface area contributed by atoms with E-state index in [4.69, 9.17) is 4.42 Å². The Hall–Kier alpha value is -2.83. The van der Waals surface area contributed by atoms with Gasteiger partial charge in [0.05, 0.1) is 12.2 Å². The molecule has 1 aromatic heterocycles. The van der Waals surface area contributed by atoms with Crippen molar-refractivity contribution in [2.24, 2.45) is 4.99 Å². The monoisotopic (exact) mass is 399 g/mol. The number of hydrogen-bond donors (Lipinski definition) is 2. The van der Waals surface area contributed by atoms with E-state index < -0.39 is 0 Å². The first-order valence-corrected chi connectivity index (χ1v) is 10.4. The maximum Gasteiger partial charge on any atom is 0.226 e. The standard InChI is InChI=1S/C22H33N5O2/c1-5-23-22(25-15-13-20(28)27(6-2)7-3)24-14-12-19-16-29-21(26-19)18-10-8-17(4)9-11-18/h8-11,16H,5-7,12-15H2,1-4H3,(H2,23,24,25). The molecule has 1 aromatic carbocycles. The number of nitrogens with one attached hydrogen (secondary N) is 2. The fourth-order valence-electron chi connectivity index (χ4n) is 2.90. The highest BCUT2D eigenvalue weighted by atomic mass is 16.3. The van der Waals surface area contributed by atoms with E-state index >= 15 is 0 Å². The summed E-state index contributed by atoms with van der Waals surface area (Å²) in [4.78, 5) is 23.0. The Balaban J connectivity index is 1.83. The highest BCUT2D eigenvalue weighted by Gasteiger charge is 2.09. The molecule has 29 heavy (non-hydrogen) atoms. The molecule has 0 aliphatic carbocycles. The highest BCUT2D eigenvalue weighted by Crippen LogP contribution is 2.19. The van der Waals surface area contributed by atoms with Gasteiger partial charge in [-0.25, -0.2) is 4.98 Å². The first kappa shape index (κ1) is 22.5. The number of aromatic nitrogens is 1. The molecule has 0 spiro atoms. The number of hydrogen-bond acceptors (Lipinski definition) is 4. The predicted molar refractivity (Wildman–Crippen MR) is 117 cm³/mol. The van der Waals surface area contributed by atoms with Crippen LogP contribution < -0.4 is 10.6 Å². The summed E-state index contributed by atoms with van der Waals surface area (Å²) in [6, 6.07) is 8.12. The third-order valence-electron chi connectivity index (χ3n) is 4.58. The molecule has 0 atom stereocenters. The first-order chi connectivity index (χ1) is 14.1. The van der Waals surface area contributed by atoms with Crippen molar-refractivity contribution in [3.05, 3.63) is 41.8 Å². The van der Waals surface area contributed by atoms with Crippen LogP contribution in [0.2, 0.25) is 0 Å². The quantitative estimate of drug-likeness (QED) is 0.474. The Morgan fingerprint density at radius 1 is 1.14 bits per heavy atom. The number of amides is 1. The van der Waals surface area contributed by atoms with Crippen LogP contribution >= 0.6 is 0 Å². The molecule has 2 rings (SSSR count). The number of aryl methyl sites for hydroxylation is 1. The van der Waals surface area contributed by atoms with Gasteiger partial charge in [0, 0.05) is 44.6 Å². The van der Waals surface area contributed by atoms with Gasteiger partial charge in [0.1, 0.15) is 6.26 Å². The summed E-state index contributed by atoms with van der Waals surface area (Å²) < 4.78 is 5.60. The van der Waals surface area contributed by atoms with Crippen LogP contribution in [0.1, 0.15) is 38.4 Å². The van der Waals surface area contributed by atoms with Crippen LogP contribution in [0.4, 0.5) is 0 Å². The van der Waals surface area contributed by atoms with E-state index in [2.05, 4.69) is 27.5 Å². The summed E-state index contributed by atoms with van der Waals surface area (Å²) in [6.07, 6.45) is 2.84. The van der Waals surface area contributed by atoms with Crippen molar-refractivity contribution >= 4 is 11.9 Å². The highest BCUT2D eigenvalue weighted by molar-refractivity contribution is 5.80. The molecule has 7 heteroatoms. The number of oxazole rings is 1. The van der Waals surface area contributed by atoms with Gasteiger partial charge in [-0.2, -0.15) is 0 Å². The maximum atomic E-state index is 12.1. The van der Waals surface area contributed by atoms with E-state index in [9.17, 15) is 4.79 Å². The molecule has 7 nitrogen and oxygen atoms in total. The molecule has 0 radical (unpaired) electrons. The lowest BCUT2D eigenvalue weighted by Gasteiger charge is -2.18. The molecule has 2 aromatic rings. The summed E-state index contributed by atoms with van der Waals surface area (Å²) in [6.45, 7) is 11.4. The van der Waals surface area contributed by atoms with Crippen LogP contribution in [0.25, 0.3) is 11.5 Å². The van der Waals surface area contributed by atoms with E-state index in [1.165, 1.54) is 5.56 Å². The van der Waals surface area contributed by atoms with Gasteiger partial charge in [-0.3, -0.25) is 9.79 Å². The van der Waals surface area contributed by atoms with Crippen LogP contribution in [-0.4, -0.2) is 54.5 Å². The van der Waals surface area contributed by atoms with Crippen molar-refractivity contribution in [1.29, 1.82) is 0 Å². The molecule has 0 fully saturated rings. The zero-order valence-corrected chi connectivity index (χ0v) is 18.0. The molecule has 0 saturated heterocycles. The molecule has 0 saturated carbocycles. The predicted octanol–water partition coefficient (Wildman–Crippen LogP) is 3.01. The molecule has 1 amide bonds. The first-order valence-electron chi connectivity index (χ1n) is 10.4. The Morgan fingerprint density at radius 3 is 2.52 bits per heavy atom. The molecular formula is C22H33N5O2. The third-order valence-corrected chi connectivity index (χ3v) is 4.58. The molecule has 1 heterocycles. The fraction of sp³-hybridized carbons (Fsp3) is 0.500. The van der Waals surface area contributed by atoms with Crippen LogP contribution in [0.15, 0.2) is 39.9 Å². The van der Waals surface area contributed by atoms with Gasteiger partial charge in [0.15, 0.2) is 5.96 Å². The number of nitrogens with zero attached hydrogens (tertiary/aromatic N) is 3. The fourth-order valence-corrected chi connectivity index (χ4v) is 2.90. The van der Waals surface area contributed by atoms with E-state index in [1.54, 1.807) is 6.26 Å². The van der Waals surface area contributed by atoms with Crippen molar-refractivity contribution in [2.45, 2.75) is 40.5 Å². The molecular weight excluding hydrogens is 366 g/mol. The van der Waals surface area contributed by atoms with Crippen molar-refractivity contribution < 1.29 is 9.21 Å². The largest absolute Gasteiger partial charge is 0.444 e. The SMILES string of the molecule is CCNC(=NCCC(=O)N(CC)CC)NCCc1coc(-c2ccc(C)cc2)n1. The minimum absolute atomic E-state index is 0.140.